The van der Waals surface area contributed by atoms with Crippen LogP contribution in [0.3, 0.4) is 0 Å². The van der Waals surface area contributed by atoms with Gasteiger partial charge in [-0.15, -0.1) is 0 Å². The highest BCUT2D eigenvalue weighted by Crippen LogP contribution is 2.17. The summed E-state index contributed by atoms with van der Waals surface area (Å²) < 4.78 is 39.0. The third-order valence-electron chi connectivity index (χ3n) is 1.84. The Labute approximate surface area is 73.2 Å². The molecule has 6 heteroatoms. The molecule has 0 bridgehead atoms. The first-order chi connectivity index (χ1) is 6.00. The molecule has 1 saturated heterocycles. The van der Waals surface area contributed by atoms with Gasteiger partial charge in [0.2, 0.25) is 0 Å². The van der Waals surface area contributed by atoms with Gasteiger partial charge in [-0.05, 0) is 13.0 Å². The van der Waals surface area contributed by atoms with E-state index in [0.717, 1.165) is 13.0 Å². The van der Waals surface area contributed by atoms with Gasteiger partial charge in [0.15, 0.2) is 0 Å². The van der Waals surface area contributed by atoms with E-state index in [2.05, 4.69) is 10.1 Å². The summed E-state index contributed by atoms with van der Waals surface area (Å²) >= 11 is 0. The number of hydrogen-bond donors (Lipinski definition) is 1. The molecule has 0 aromatic rings. The van der Waals surface area contributed by atoms with E-state index in [1.807, 2.05) is 0 Å². The average molecular weight is 197 g/mol. The molecule has 1 atom stereocenters. The predicted molar refractivity (Wildman–Crippen MR) is 38.0 cm³/mol. The molecule has 1 N–H and O–H groups in total. The van der Waals surface area contributed by atoms with E-state index in [1.165, 1.54) is 0 Å². The third kappa shape index (κ3) is 3.22. The SMILES string of the molecule is O=C(OC[C@H]1CCNC1)C(F)(F)F. The Morgan fingerprint density at radius 2 is 2.23 bits per heavy atom. The van der Waals surface area contributed by atoms with Crippen LogP contribution >= 0.6 is 0 Å². The third-order valence-corrected chi connectivity index (χ3v) is 1.84. The summed E-state index contributed by atoms with van der Waals surface area (Å²) in [6, 6.07) is 0. The van der Waals surface area contributed by atoms with Crippen molar-refractivity contribution in [2.24, 2.45) is 5.92 Å². The molecule has 3 nitrogen and oxygen atoms in total. The van der Waals surface area contributed by atoms with Gasteiger partial charge in [0.05, 0.1) is 6.61 Å². The molecule has 0 aliphatic carbocycles. The number of alkyl halides is 3. The van der Waals surface area contributed by atoms with Gasteiger partial charge in [-0.1, -0.05) is 0 Å². The first-order valence-corrected chi connectivity index (χ1v) is 3.95. The van der Waals surface area contributed by atoms with Crippen molar-refractivity contribution in [3.05, 3.63) is 0 Å². The summed E-state index contributed by atoms with van der Waals surface area (Å²) in [7, 11) is 0. The summed E-state index contributed by atoms with van der Waals surface area (Å²) in [5.41, 5.74) is 0. The molecule has 0 saturated carbocycles. The molecule has 0 aromatic carbocycles. The van der Waals surface area contributed by atoms with E-state index in [0.29, 0.717) is 6.54 Å². The van der Waals surface area contributed by atoms with Gasteiger partial charge >= 0.3 is 12.1 Å². The largest absolute Gasteiger partial charge is 0.490 e. The van der Waals surface area contributed by atoms with Gasteiger partial charge in [-0.25, -0.2) is 4.79 Å². The molecule has 0 unspecified atom stereocenters. The fourth-order valence-electron chi connectivity index (χ4n) is 1.13. The Balaban J connectivity index is 2.22. The molecular weight excluding hydrogens is 187 g/mol. The van der Waals surface area contributed by atoms with Crippen LogP contribution in [0.1, 0.15) is 6.42 Å². The van der Waals surface area contributed by atoms with Gasteiger partial charge < -0.3 is 10.1 Å². The molecule has 0 aromatic heterocycles. The first kappa shape index (κ1) is 10.3. The van der Waals surface area contributed by atoms with Crippen molar-refractivity contribution < 1.29 is 22.7 Å². The van der Waals surface area contributed by atoms with Crippen molar-refractivity contribution in [3.63, 3.8) is 0 Å². The quantitative estimate of drug-likeness (QED) is 0.662. The van der Waals surface area contributed by atoms with Crippen molar-refractivity contribution >= 4 is 5.97 Å². The number of carbonyl (C=O) groups excluding carboxylic acids is 1. The Kier molecular flexibility index (Phi) is 3.13. The van der Waals surface area contributed by atoms with Crippen molar-refractivity contribution in [1.29, 1.82) is 0 Å². The van der Waals surface area contributed by atoms with Crippen LogP contribution in [0.5, 0.6) is 0 Å². The monoisotopic (exact) mass is 197 g/mol. The summed E-state index contributed by atoms with van der Waals surface area (Å²) in [6.07, 6.45) is -4.11. The van der Waals surface area contributed by atoms with Gasteiger partial charge in [-0.2, -0.15) is 13.2 Å². The second-order valence-corrected chi connectivity index (χ2v) is 2.96. The summed E-state index contributed by atoms with van der Waals surface area (Å²) in [5, 5.41) is 2.96. The molecule has 1 aliphatic heterocycles. The minimum absolute atomic E-state index is 0.0197. The minimum Gasteiger partial charge on any atom is -0.459 e. The fraction of sp³-hybridized carbons (Fsp3) is 0.857. The summed E-state index contributed by atoms with van der Waals surface area (Å²) in [4.78, 5) is 10.3. The Morgan fingerprint density at radius 1 is 1.54 bits per heavy atom. The molecular formula is C7H10F3NO2. The lowest BCUT2D eigenvalue weighted by Gasteiger charge is -2.10. The smallest absolute Gasteiger partial charge is 0.459 e. The van der Waals surface area contributed by atoms with Crippen molar-refractivity contribution in [2.45, 2.75) is 12.6 Å². The average Bonchev–Trinajstić information content (AvgIpc) is 2.50. The molecule has 0 amide bonds. The van der Waals surface area contributed by atoms with E-state index in [4.69, 9.17) is 0 Å². The van der Waals surface area contributed by atoms with Gasteiger partial charge in [-0.3, -0.25) is 0 Å². The lowest BCUT2D eigenvalue weighted by molar-refractivity contribution is -0.200. The first-order valence-electron chi connectivity index (χ1n) is 3.95. The number of halogens is 3. The highest BCUT2D eigenvalue weighted by Gasteiger charge is 2.41. The zero-order valence-electron chi connectivity index (χ0n) is 6.86. The van der Waals surface area contributed by atoms with Crippen LogP contribution in [0.25, 0.3) is 0 Å². The maximum Gasteiger partial charge on any atom is 0.490 e. The molecule has 0 spiro atoms. The molecule has 1 fully saturated rings. The number of nitrogens with one attached hydrogen (secondary N) is 1. The summed E-state index contributed by atoms with van der Waals surface area (Å²) in [6.45, 7) is 1.24. The highest BCUT2D eigenvalue weighted by molar-refractivity contribution is 5.75. The maximum absolute atomic E-state index is 11.6. The molecule has 13 heavy (non-hydrogen) atoms. The standard InChI is InChI=1S/C7H10F3NO2/c8-7(9,10)6(12)13-4-5-1-2-11-3-5/h5,11H,1-4H2/t5-/m0/s1. The fourth-order valence-corrected chi connectivity index (χ4v) is 1.13. The number of hydrogen-bond acceptors (Lipinski definition) is 3. The van der Waals surface area contributed by atoms with Crippen LogP contribution in [0.15, 0.2) is 0 Å². The van der Waals surface area contributed by atoms with Crippen LogP contribution in [0, 0.1) is 5.92 Å². The van der Waals surface area contributed by atoms with E-state index >= 15 is 0 Å². The lowest BCUT2D eigenvalue weighted by Crippen LogP contribution is -2.28. The zero-order chi connectivity index (χ0) is 9.90. The van der Waals surface area contributed by atoms with E-state index in [-0.39, 0.29) is 12.5 Å². The Hall–Kier alpha value is -0.780. The predicted octanol–water partition coefficient (Wildman–Crippen LogP) is 0.701. The second kappa shape index (κ2) is 3.95. The van der Waals surface area contributed by atoms with E-state index in [9.17, 15) is 18.0 Å². The molecule has 0 radical (unpaired) electrons. The molecule has 1 aliphatic rings. The number of esters is 1. The van der Waals surface area contributed by atoms with Crippen LogP contribution in [0.2, 0.25) is 0 Å². The lowest BCUT2D eigenvalue weighted by atomic mass is 10.1. The maximum atomic E-state index is 11.6. The molecule has 1 rings (SSSR count). The van der Waals surface area contributed by atoms with Crippen LogP contribution in [0.4, 0.5) is 13.2 Å². The number of ether oxygens (including phenoxy) is 1. The summed E-state index contributed by atoms with van der Waals surface area (Å²) in [5.74, 6) is -2.08. The molecule has 76 valence electrons. The van der Waals surface area contributed by atoms with E-state index in [1.54, 1.807) is 0 Å². The Bertz CT molecular complexity index is 187. The van der Waals surface area contributed by atoms with Crippen LogP contribution in [-0.4, -0.2) is 31.8 Å². The topological polar surface area (TPSA) is 38.3 Å². The minimum atomic E-state index is -4.87. The normalized spacial score (nSPS) is 23.2. The van der Waals surface area contributed by atoms with Crippen LogP contribution in [-0.2, 0) is 9.53 Å². The van der Waals surface area contributed by atoms with Crippen molar-refractivity contribution in [3.8, 4) is 0 Å². The second-order valence-electron chi connectivity index (χ2n) is 2.96. The highest BCUT2D eigenvalue weighted by atomic mass is 19.4. The van der Waals surface area contributed by atoms with Gasteiger partial charge in [0.1, 0.15) is 0 Å². The Morgan fingerprint density at radius 3 is 2.69 bits per heavy atom. The molecule has 1 heterocycles. The van der Waals surface area contributed by atoms with Crippen LogP contribution < -0.4 is 5.32 Å². The van der Waals surface area contributed by atoms with Gasteiger partial charge in [0.25, 0.3) is 0 Å². The zero-order valence-corrected chi connectivity index (χ0v) is 6.86. The van der Waals surface area contributed by atoms with Crippen molar-refractivity contribution in [1.82, 2.24) is 5.32 Å². The van der Waals surface area contributed by atoms with Gasteiger partial charge in [0, 0.05) is 12.5 Å². The van der Waals surface area contributed by atoms with Crippen molar-refractivity contribution in [2.75, 3.05) is 19.7 Å². The van der Waals surface area contributed by atoms with E-state index < -0.39 is 12.1 Å². The number of rotatable bonds is 2. The number of carbonyl (C=O) groups is 1.